The van der Waals surface area contributed by atoms with Crippen molar-refractivity contribution in [3.8, 4) is 11.5 Å². The molecule has 1 amide bonds. The van der Waals surface area contributed by atoms with Gasteiger partial charge < -0.3 is 14.8 Å². The lowest BCUT2D eigenvalue weighted by atomic mass is 10.0. The number of carbonyl (C=O) groups is 1. The standard InChI is InChI=1S/C19H31N3O3/c1-4-9-21-18(23)24-16-7-8-17-15(12-16)13-19(20,25-17)14-22(10-5-2)11-6-3/h7-8,12H,4-6,9-11,13-14,20H2,1-3H3,(H,21,23). The summed E-state index contributed by atoms with van der Waals surface area (Å²) in [6.45, 7) is 9.65. The third-order valence-electron chi connectivity index (χ3n) is 4.14. The van der Waals surface area contributed by atoms with Crippen LogP contribution in [0.4, 0.5) is 4.79 Å². The van der Waals surface area contributed by atoms with E-state index in [1.54, 1.807) is 6.07 Å². The van der Waals surface area contributed by atoms with Crippen molar-refractivity contribution in [1.29, 1.82) is 0 Å². The Morgan fingerprint density at radius 2 is 2.00 bits per heavy atom. The molecular formula is C19H31N3O3. The largest absolute Gasteiger partial charge is 0.471 e. The molecule has 0 saturated carbocycles. The van der Waals surface area contributed by atoms with E-state index in [-0.39, 0.29) is 0 Å². The number of hydrogen-bond donors (Lipinski definition) is 2. The van der Waals surface area contributed by atoms with Crippen LogP contribution in [0.25, 0.3) is 0 Å². The van der Waals surface area contributed by atoms with Crippen LogP contribution in [0.1, 0.15) is 45.6 Å². The summed E-state index contributed by atoms with van der Waals surface area (Å²) in [6, 6.07) is 5.42. The SMILES string of the molecule is CCCNC(=O)Oc1ccc2c(c1)CC(N)(CN(CCC)CCC)O2. The van der Waals surface area contributed by atoms with Crippen LogP contribution in [-0.4, -0.2) is 42.9 Å². The van der Waals surface area contributed by atoms with Crippen LogP contribution in [0, 0.1) is 0 Å². The van der Waals surface area contributed by atoms with E-state index >= 15 is 0 Å². The minimum absolute atomic E-state index is 0.434. The number of nitrogens with one attached hydrogen (secondary N) is 1. The number of fused-ring (bicyclic) bond motifs is 1. The maximum absolute atomic E-state index is 11.7. The quantitative estimate of drug-likeness (QED) is 0.717. The van der Waals surface area contributed by atoms with E-state index in [1.807, 2.05) is 19.1 Å². The van der Waals surface area contributed by atoms with E-state index in [0.29, 0.717) is 25.3 Å². The molecule has 1 atom stereocenters. The highest BCUT2D eigenvalue weighted by Gasteiger charge is 2.37. The third kappa shape index (κ3) is 5.61. The van der Waals surface area contributed by atoms with Gasteiger partial charge in [-0.1, -0.05) is 20.8 Å². The molecule has 6 nitrogen and oxygen atoms in total. The highest BCUT2D eigenvalue weighted by atomic mass is 16.6. The summed E-state index contributed by atoms with van der Waals surface area (Å²) >= 11 is 0. The Kier molecular flexibility index (Phi) is 7.08. The summed E-state index contributed by atoms with van der Waals surface area (Å²) in [5, 5.41) is 2.70. The first-order valence-corrected chi connectivity index (χ1v) is 9.28. The first-order valence-electron chi connectivity index (χ1n) is 9.28. The van der Waals surface area contributed by atoms with Gasteiger partial charge in [-0.2, -0.15) is 0 Å². The second kappa shape index (κ2) is 9.06. The molecule has 6 heteroatoms. The normalized spacial score (nSPS) is 18.8. The number of ether oxygens (including phenoxy) is 2. The van der Waals surface area contributed by atoms with Crippen LogP contribution in [0.2, 0.25) is 0 Å². The molecule has 3 N–H and O–H groups in total. The van der Waals surface area contributed by atoms with Crippen molar-refractivity contribution >= 4 is 6.09 Å². The average Bonchev–Trinajstić information content (AvgIpc) is 2.88. The van der Waals surface area contributed by atoms with Gasteiger partial charge in [0, 0.05) is 18.5 Å². The van der Waals surface area contributed by atoms with Gasteiger partial charge in [0.05, 0.1) is 6.54 Å². The predicted octanol–water partition coefficient (Wildman–Crippen LogP) is 2.90. The lowest BCUT2D eigenvalue weighted by Gasteiger charge is -2.31. The van der Waals surface area contributed by atoms with E-state index < -0.39 is 11.8 Å². The molecule has 0 saturated heterocycles. The van der Waals surface area contributed by atoms with Gasteiger partial charge in [0.1, 0.15) is 11.5 Å². The van der Waals surface area contributed by atoms with Crippen LogP contribution < -0.4 is 20.5 Å². The van der Waals surface area contributed by atoms with Gasteiger partial charge in [0.15, 0.2) is 5.72 Å². The molecule has 0 aliphatic carbocycles. The molecule has 1 heterocycles. The van der Waals surface area contributed by atoms with E-state index in [1.165, 1.54) is 0 Å². The highest BCUT2D eigenvalue weighted by molar-refractivity contribution is 5.70. The lowest BCUT2D eigenvalue weighted by molar-refractivity contribution is 0.0522. The molecule has 1 unspecified atom stereocenters. The molecule has 0 radical (unpaired) electrons. The molecule has 2 rings (SSSR count). The van der Waals surface area contributed by atoms with Crippen molar-refractivity contribution < 1.29 is 14.3 Å². The Balaban J connectivity index is 2.00. The zero-order valence-corrected chi connectivity index (χ0v) is 15.6. The minimum atomic E-state index is -0.726. The summed E-state index contributed by atoms with van der Waals surface area (Å²) in [7, 11) is 0. The van der Waals surface area contributed by atoms with E-state index in [9.17, 15) is 4.79 Å². The van der Waals surface area contributed by atoms with Crippen molar-refractivity contribution in [3.63, 3.8) is 0 Å². The number of amides is 1. The van der Waals surface area contributed by atoms with Gasteiger partial charge in [-0.25, -0.2) is 4.79 Å². The number of benzene rings is 1. The Labute approximate surface area is 150 Å². The minimum Gasteiger partial charge on any atom is -0.471 e. The fourth-order valence-corrected chi connectivity index (χ4v) is 3.17. The van der Waals surface area contributed by atoms with Crippen molar-refractivity contribution in [2.45, 2.75) is 52.2 Å². The molecule has 140 valence electrons. The highest BCUT2D eigenvalue weighted by Crippen LogP contribution is 2.35. The van der Waals surface area contributed by atoms with Crippen molar-refractivity contribution in [2.24, 2.45) is 5.73 Å². The first kappa shape index (κ1) is 19.5. The Bertz CT molecular complexity index is 573. The van der Waals surface area contributed by atoms with Gasteiger partial charge in [-0.05, 0) is 50.6 Å². The first-order chi connectivity index (χ1) is 12.0. The van der Waals surface area contributed by atoms with Crippen molar-refractivity contribution in [3.05, 3.63) is 23.8 Å². The Morgan fingerprint density at radius 3 is 2.64 bits per heavy atom. The summed E-state index contributed by atoms with van der Waals surface area (Å²) in [5.74, 6) is 1.29. The summed E-state index contributed by atoms with van der Waals surface area (Å²) < 4.78 is 11.3. The number of rotatable bonds is 9. The molecule has 0 fully saturated rings. The Hall–Kier alpha value is -1.79. The van der Waals surface area contributed by atoms with E-state index in [2.05, 4.69) is 24.1 Å². The zero-order chi connectivity index (χ0) is 18.3. The molecule has 1 aliphatic heterocycles. The summed E-state index contributed by atoms with van der Waals surface area (Å²) in [4.78, 5) is 14.0. The van der Waals surface area contributed by atoms with Gasteiger partial charge in [0.2, 0.25) is 0 Å². The summed E-state index contributed by atoms with van der Waals surface area (Å²) in [5.41, 5.74) is 6.76. The monoisotopic (exact) mass is 349 g/mol. The van der Waals surface area contributed by atoms with Gasteiger partial charge in [-0.3, -0.25) is 10.6 Å². The lowest BCUT2D eigenvalue weighted by Crippen LogP contribution is -2.54. The molecule has 25 heavy (non-hydrogen) atoms. The van der Waals surface area contributed by atoms with Gasteiger partial charge in [0.25, 0.3) is 0 Å². The van der Waals surface area contributed by atoms with Crippen molar-refractivity contribution in [1.82, 2.24) is 10.2 Å². The fourth-order valence-electron chi connectivity index (χ4n) is 3.17. The van der Waals surface area contributed by atoms with Crippen LogP contribution >= 0.6 is 0 Å². The Morgan fingerprint density at radius 1 is 1.28 bits per heavy atom. The molecule has 0 aromatic heterocycles. The molecule has 1 aromatic carbocycles. The molecular weight excluding hydrogens is 318 g/mol. The van der Waals surface area contributed by atoms with Crippen LogP contribution in [0.5, 0.6) is 11.5 Å². The topological polar surface area (TPSA) is 76.8 Å². The van der Waals surface area contributed by atoms with Crippen LogP contribution in [0.3, 0.4) is 0 Å². The smallest absolute Gasteiger partial charge is 0.412 e. The number of nitrogens with two attached hydrogens (primary N) is 1. The number of nitrogens with zero attached hydrogens (tertiary/aromatic N) is 1. The molecule has 0 bridgehead atoms. The number of carbonyl (C=O) groups excluding carboxylic acids is 1. The van der Waals surface area contributed by atoms with Gasteiger partial charge >= 0.3 is 6.09 Å². The van der Waals surface area contributed by atoms with E-state index in [0.717, 1.165) is 43.7 Å². The van der Waals surface area contributed by atoms with Gasteiger partial charge in [-0.15, -0.1) is 0 Å². The van der Waals surface area contributed by atoms with Crippen LogP contribution in [-0.2, 0) is 6.42 Å². The second-order valence-corrected chi connectivity index (χ2v) is 6.71. The maximum atomic E-state index is 11.7. The average molecular weight is 349 g/mol. The zero-order valence-electron chi connectivity index (χ0n) is 15.6. The van der Waals surface area contributed by atoms with Crippen molar-refractivity contribution in [2.75, 3.05) is 26.2 Å². The maximum Gasteiger partial charge on any atom is 0.412 e. The summed E-state index contributed by atoms with van der Waals surface area (Å²) in [6.07, 6.45) is 3.23. The number of hydrogen-bond acceptors (Lipinski definition) is 5. The molecule has 1 aliphatic rings. The van der Waals surface area contributed by atoms with E-state index in [4.69, 9.17) is 15.2 Å². The fraction of sp³-hybridized carbons (Fsp3) is 0.632. The third-order valence-corrected chi connectivity index (χ3v) is 4.14. The second-order valence-electron chi connectivity index (χ2n) is 6.71. The molecule has 0 spiro atoms. The molecule has 1 aromatic rings. The predicted molar refractivity (Wildman–Crippen MR) is 99.0 cm³/mol. The van der Waals surface area contributed by atoms with Crippen LogP contribution in [0.15, 0.2) is 18.2 Å².